The lowest BCUT2D eigenvalue weighted by Gasteiger charge is -2.16. The Balaban J connectivity index is 2.08. The standard InChI is InChI=1S/C20H22N6O5/c1-4-12(27)10-31-14-7-6-13-15(16(14)30-3)24-20(26(5-2)18(13)29)25-17(28)11-8-22-19(21)23-9-11/h6-9H,4-5,10H2,1-3H3,(H2,21,22,23)(H,24,25,28). The van der Waals surface area contributed by atoms with Crippen molar-refractivity contribution in [2.75, 3.05) is 24.8 Å². The zero-order valence-electron chi connectivity index (χ0n) is 17.3. The number of aromatic nitrogens is 4. The number of rotatable bonds is 8. The minimum absolute atomic E-state index is 0.0157. The van der Waals surface area contributed by atoms with Crippen LogP contribution in [-0.2, 0) is 11.3 Å². The van der Waals surface area contributed by atoms with Gasteiger partial charge in [-0.15, -0.1) is 0 Å². The van der Waals surface area contributed by atoms with Crippen LogP contribution in [0.15, 0.2) is 29.3 Å². The summed E-state index contributed by atoms with van der Waals surface area (Å²) >= 11 is 0. The molecule has 11 nitrogen and oxygen atoms in total. The summed E-state index contributed by atoms with van der Waals surface area (Å²) < 4.78 is 12.3. The van der Waals surface area contributed by atoms with Gasteiger partial charge in [0.05, 0.1) is 18.1 Å². The van der Waals surface area contributed by atoms with Gasteiger partial charge in [0.1, 0.15) is 12.1 Å². The number of nitrogen functional groups attached to an aromatic ring is 1. The number of carbonyl (C=O) groups is 2. The number of amides is 1. The second-order valence-corrected chi connectivity index (χ2v) is 6.44. The van der Waals surface area contributed by atoms with Gasteiger partial charge in [-0.25, -0.2) is 15.0 Å². The highest BCUT2D eigenvalue weighted by atomic mass is 16.5. The van der Waals surface area contributed by atoms with E-state index in [1.807, 2.05) is 0 Å². The number of nitrogens with zero attached hydrogens (tertiary/aromatic N) is 4. The van der Waals surface area contributed by atoms with E-state index in [-0.39, 0.29) is 64.4 Å². The van der Waals surface area contributed by atoms with Gasteiger partial charge >= 0.3 is 0 Å². The third kappa shape index (κ3) is 4.44. The van der Waals surface area contributed by atoms with E-state index in [9.17, 15) is 14.4 Å². The molecule has 3 N–H and O–H groups in total. The first-order valence-electron chi connectivity index (χ1n) is 9.54. The van der Waals surface area contributed by atoms with Gasteiger partial charge in [-0.1, -0.05) is 6.92 Å². The number of hydrogen-bond donors (Lipinski definition) is 2. The van der Waals surface area contributed by atoms with Crippen LogP contribution in [0.2, 0.25) is 0 Å². The lowest BCUT2D eigenvalue weighted by Crippen LogP contribution is -2.27. The fourth-order valence-corrected chi connectivity index (χ4v) is 2.83. The first kappa shape index (κ1) is 21.7. The predicted octanol–water partition coefficient (Wildman–Crippen LogP) is 1.41. The lowest BCUT2D eigenvalue weighted by molar-refractivity contribution is -0.120. The van der Waals surface area contributed by atoms with E-state index in [4.69, 9.17) is 15.2 Å². The SMILES string of the molecule is CCC(=O)COc1ccc2c(=O)n(CC)c(NC(=O)c3cnc(N)nc3)nc2c1OC. The van der Waals surface area contributed by atoms with Gasteiger partial charge in [0.25, 0.3) is 11.5 Å². The molecule has 2 heterocycles. The molecular weight excluding hydrogens is 404 g/mol. The summed E-state index contributed by atoms with van der Waals surface area (Å²) in [7, 11) is 1.40. The number of methoxy groups -OCH3 is 1. The van der Waals surface area contributed by atoms with Crippen molar-refractivity contribution in [1.82, 2.24) is 19.5 Å². The molecule has 0 saturated heterocycles. The zero-order valence-corrected chi connectivity index (χ0v) is 17.3. The first-order valence-corrected chi connectivity index (χ1v) is 9.54. The summed E-state index contributed by atoms with van der Waals surface area (Å²) in [5.41, 5.74) is 5.42. The summed E-state index contributed by atoms with van der Waals surface area (Å²) in [6.45, 7) is 3.62. The van der Waals surface area contributed by atoms with E-state index in [1.54, 1.807) is 26.0 Å². The van der Waals surface area contributed by atoms with Crippen molar-refractivity contribution in [3.63, 3.8) is 0 Å². The number of benzene rings is 1. The smallest absolute Gasteiger partial charge is 0.262 e. The number of anilines is 2. The number of hydrogen-bond acceptors (Lipinski definition) is 9. The van der Waals surface area contributed by atoms with Crippen LogP contribution < -0.4 is 26.1 Å². The molecule has 3 rings (SSSR count). The maximum atomic E-state index is 13.0. The van der Waals surface area contributed by atoms with E-state index < -0.39 is 5.91 Å². The molecule has 31 heavy (non-hydrogen) atoms. The molecule has 0 spiro atoms. The molecule has 0 radical (unpaired) electrons. The molecule has 0 atom stereocenters. The van der Waals surface area contributed by atoms with Crippen LogP contribution in [0.4, 0.5) is 11.9 Å². The Bertz CT molecular complexity index is 1190. The Labute approximate surface area is 177 Å². The van der Waals surface area contributed by atoms with Crippen LogP contribution in [0.25, 0.3) is 10.9 Å². The van der Waals surface area contributed by atoms with Gasteiger partial charge in [0.2, 0.25) is 11.9 Å². The molecule has 0 aliphatic heterocycles. The molecule has 1 aromatic carbocycles. The molecule has 2 aromatic heterocycles. The zero-order chi connectivity index (χ0) is 22.5. The Morgan fingerprint density at radius 2 is 1.90 bits per heavy atom. The summed E-state index contributed by atoms with van der Waals surface area (Å²) in [6, 6.07) is 3.10. The quantitative estimate of drug-likeness (QED) is 0.544. The molecule has 0 aliphatic rings. The van der Waals surface area contributed by atoms with E-state index in [2.05, 4.69) is 20.3 Å². The number of nitrogens with one attached hydrogen (secondary N) is 1. The van der Waals surface area contributed by atoms with Crippen molar-refractivity contribution in [2.24, 2.45) is 0 Å². The summed E-state index contributed by atoms with van der Waals surface area (Å²) in [5, 5.41) is 2.88. The monoisotopic (exact) mass is 426 g/mol. The van der Waals surface area contributed by atoms with Crippen molar-refractivity contribution < 1.29 is 19.1 Å². The Morgan fingerprint density at radius 1 is 1.19 bits per heavy atom. The van der Waals surface area contributed by atoms with Gasteiger partial charge in [-0.05, 0) is 19.1 Å². The van der Waals surface area contributed by atoms with Crippen LogP contribution >= 0.6 is 0 Å². The molecule has 0 saturated carbocycles. The molecule has 1 amide bonds. The van der Waals surface area contributed by atoms with Gasteiger partial charge < -0.3 is 15.2 Å². The van der Waals surface area contributed by atoms with Gasteiger partial charge in [0.15, 0.2) is 17.3 Å². The lowest BCUT2D eigenvalue weighted by atomic mass is 10.2. The number of ketones is 1. The molecule has 11 heteroatoms. The number of ether oxygens (including phenoxy) is 2. The second kappa shape index (κ2) is 9.20. The van der Waals surface area contributed by atoms with Crippen LogP contribution in [-0.4, -0.2) is 44.9 Å². The van der Waals surface area contributed by atoms with Crippen molar-refractivity contribution in [3.05, 3.63) is 40.4 Å². The average molecular weight is 426 g/mol. The van der Waals surface area contributed by atoms with Crippen LogP contribution in [0.5, 0.6) is 11.5 Å². The fourth-order valence-electron chi connectivity index (χ4n) is 2.83. The maximum Gasteiger partial charge on any atom is 0.262 e. The normalized spacial score (nSPS) is 10.7. The van der Waals surface area contributed by atoms with Gasteiger partial charge in [-0.3, -0.25) is 24.3 Å². The number of fused-ring (bicyclic) bond motifs is 1. The highest BCUT2D eigenvalue weighted by Crippen LogP contribution is 2.34. The third-order valence-electron chi connectivity index (χ3n) is 4.51. The van der Waals surface area contributed by atoms with Crippen molar-refractivity contribution >= 4 is 34.5 Å². The minimum Gasteiger partial charge on any atom is -0.491 e. The van der Waals surface area contributed by atoms with E-state index in [1.165, 1.54) is 24.1 Å². The van der Waals surface area contributed by atoms with Gasteiger partial charge in [0, 0.05) is 25.4 Å². The van der Waals surface area contributed by atoms with Gasteiger partial charge in [-0.2, -0.15) is 0 Å². The summed E-state index contributed by atoms with van der Waals surface area (Å²) in [4.78, 5) is 49.2. The third-order valence-corrected chi connectivity index (χ3v) is 4.51. The second-order valence-electron chi connectivity index (χ2n) is 6.44. The Kier molecular flexibility index (Phi) is 6.43. The maximum absolute atomic E-state index is 13.0. The Morgan fingerprint density at radius 3 is 2.52 bits per heavy atom. The van der Waals surface area contributed by atoms with E-state index >= 15 is 0 Å². The molecular formula is C20H22N6O5. The number of carbonyl (C=O) groups excluding carboxylic acids is 2. The van der Waals surface area contributed by atoms with Crippen LogP contribution in [0.1, 0.15) is 30.6 Å². The topological polar surface area (TPSA) is 151 Å². The fraction of sp³-hybridized carbons (Fsp3) is 0.300. The minimum atomic E-state index is -0.562. The Hall–Kier alpha value is -4.02. The molecule has 3 aromatic rings. The van der Waals surface area contributed by atoms with Crippen molar-refractivity contribution in [3.8, 4) is 11.5 Å². The number of Topliss-reactive ketones (excluding diaryl/α,β-unsaturated/α-hetero) is 1. The summed E-state index contributed by atoms with van der Waals surface area (Å²) in [6.07, 6.45) is 2.87. The first-order chi connectivity index (χ1) is 14.9. The highest BCUT2D eigenvalue weighted by Gasteiger charge is 2.19. The molecule has 0 aliphatic carbocycles. The predicted molar refractivity (Wildman–Crippen MR) is 113 cm³/mol. The largest absolute Gasteiger partial charge is 0.491 e. The van der Waals surface area contributed by atoms with Crippen LogP contribution in [0.3, 0.4) is 0 Å². The average Bonchev–Trinajstić information content (AvgIpc) is 2.77. The molecule has 0 bridgehead atoms. The molecule has 0 fully saturated rings. The van der Waals surface area contributed by atoms with Crippen molar-refractivity contribution in [2.45, 2.75) is 26.8 Å². The van der Waals surface area contributed by atoms with Crippen molar-refractivity contribution in [1.29, 1.82) is 0 Å². The molecule has 0 unspecified atom stereocenters. The number of nitrogens with two attached hydrogens (primary N) is 1. The summed E-state index contributed by atoms with van der Waals surface area (Å²) in [5.74, 6) is -0.148. The highest BCUT2D eigenvalue weighted by molar-refractivity contribution is 6.03. The van der Waals surface area contributed by atoms with E-state index in [0.717, 1.165) is 0 Å². The van der Waals surface area contributed by atoms with E-state index in [0.29, 0.717) is 6.42 Å². The van der Waals surface area contributed by atoms with Crippen LogP contribution in [0, 0.1) is 0 Å². The molecule has 162 valence electrons.